The van der Waals surface area contributed by atoms with Crippen molar-refractivity contribution in [1.29, 1.82) is 0 Å². The Morgan fingerprint density at radius 2 is 1.84 bits per heavy atom. The van der Waals surface area contributed by atoms with E-state index in [4.69, 9.17) is 0 Å². The quantitative estimate of drug-likeness (QED) is 0.592. The minimum absolute atomic E-state index is 0.0351. The molecule has 0 radical (unpaired) electrons. The Morgan fingerprint density at radius 3 is 2.52 bits per heavy atom. The van der Waals surface area contributed by atoms with Gasteiger partial charge in [-0.25, -0.2) is 4.79 Å². The van der Waals surface area contributed by atoms with Gasteiger partial charge in [-0.3, -0.25) is 19.8 Å². The van der Waals surface area contributed by atoms with Crippen molar-refractivity contribution in [3.05, 3.63) is 81.0 Å². The van der Waals surface area contributed by atoms with E-state index in [1.54, 1.807) is 0 Å². The summed E-state index contributed by atoms with van der Waals surface area (Å²) in [4.78, 5) is 38.6. The summed E-state index contributed by atoms with van der Waals surface area (Å²) in [5.74, 6) is -0.585. The fraction of sp³-hybridized carbons (Fsp3) is 0.200. The number of rotatable bonds is 3. The number of hydrogen-bond donors (Lipinski definition) is 1. The second-order valence-corrected chi connectivity index (χ2v) is 7.09. The molecule has 31 heavy (non-hydrogen) atoms. The molecule has 2 aromatic carbocycles. The van der Waals surface area contributed by atoms with Gasteiger partial charge in [-0.15, -0.1) is 0 Å². The predicted molar refractivity (Wildman–Crippen MR) is 103 cm³/mol. The summed E-state index contributed by atoms with van der Waals surface area (Å²) in [5, 5.41) is 13.8. The summed E-state index contributed by atoms with van der Waals surface area (Å²) in [6.45, 7) is -0.106. The van der Waals surface area contributed by atoms with E-state index in [9.17, 15) is 32.9 Å². The van der Waals surface area contributed by atoms with Crippen LogP contribution in [0.1, 0.15) is 17.2 Å². The fourth-order valence-corrected chi connectivity index (χ4v) is 3.69. The third-order valence-corrected chi connectivity index (χ3v) is 5.26. The minimum Gasteiger partial charge on any atom is -0.327 e. The predicted octanol–water partition coefficient (Wildman–Crippen LogP) is 3.61. The number of carbonyl (C=O) groups excluding carboxylic acids is 2. The van der Waals surface area contributed by atoms with Gasteiger partial charge in [0.25, 0.3) is 11.6 Å². The first-order chi connectivity index (χ1) is 14.6. The molecule has 11 heteroatoms. The molecule has 0 saturated carbocycles. The number of benzene rings is 2. The van der Waals surface area contributed by atoms with E-state index in [2.05, 4.69) is 5.32 Å². The topological polar surface area (TPSA) is 95.8 Å². The van der Waals surface area contributed by atoms with Gasteiger partial charge in [0.05, 0.1) is 34.3 Å². The van der Waals surface area contributed by atoms with Crippen molar-refractivity contribution < 1.29 is 27.7 Å². The van der Waals surface area contributed by atoms with Crippen molar-refractivity contribution >= 4 is 23.3 Å². The number of likely N-dealkylation sites (N-methyl/N-ethyl adjacent to an activating group) is 1. The standard InChI is InChI=1S/C20H15F3N4O4/c1-25-15-10-26(13-6-3-5-12(9-13)20(21,22)23)18(28)16(15)17(24-19(25)29)11-4-2-7-14(8-11)27(30)31/h2-9,17H,10H2,1H3,(H,24,29)/t17-/m0/s1. The van der Waals surface area contributed by atoms with E-state index in [0.717, 1.165) is 17.0 Å². The van der Waals surface area contributed by atoms with Gasteiger partial charge >= 0.3 is 12.2 Å². The van der Waals surface area contributed by atoms with Gasteiger partial charge in [0.1, 0.15) is 0 Å². The van der Waals surface area contributed by atoms with Crippen LogP contribution in [0.2, 0.25) is 0 Å². The van der Waals surface area contributed by atoms with Gasteiger partial charge in [0, 0.05) is 24.9 Å². The van der Waals surface area contributed by atoms with Crippen molar-refractivity contribution in [2.75, 3.05) is 18.5 Å². The summed E-state index contributed by atoms with van der Waals surface area (Å²) in [6, 6.07) is 8.35. The van der Waals surface area contributed by atoms with Crippen LogP contribution < -0.4 is 10.2 Å². The van der Waals surface area contributed by atoms with Gasteiger partial charge in [0.2, 0.25) is 0 Å². The van der Waals surface area contributed by atoms with Gasteiger partial charge in [0.15, 0.2) is 0 Å². The number of amides is 3. The number of halogens is 3. The highest BCUT2D eigenvalue weighted by Gasteiger charge is 2.44. The second kappa shape index (κ2) is 7.11. The molecular formula is C20H15F3N4O4. The molecule has 3 amide bonds. The molecule has 0 bridgehead atoms. The number of non-ortho nitro benzene ring substituents is 1. The zero-order valence-electron chi connectivity index (χ0n) is 16.0. The Kier molecular flexibility index (Phi) is 4.68. The fourth-order valence-electron chi connectivity index (χ4n) is 3.69. The molecule has 2 aliphatic rings. The number of alkyl halides is 3. The van der Waals surface area contributed by atoms with Gasteiger partial charge in [-0.2, -0.15) is 13.2 Å². The van der Waals surface area contributed by atoms with Crippen LogP contribution in [0, 0.1) is 10.1 Å². The molecule has 2 aromatic rings. The SMILES string of the molecule is CN1C(=O)N[C@@H](c2cccc([N+](=O)[O-])c2)C2=C1CN(c1cccc(C(F)(F)F)c1)C2=O. The van der Waals surface area contributed by atoms with Crippen LogP contribution in [0.25, 0.3) is 0 Å². The van der Waals surface area contributed by atoms with Crippen LogP contribution in [0.15, 0.2) is 59.8 Å². The highest BCUT2D eigenvalue weighted by Crippen LogP contribution is 2.39. The van der Waals surface area contributed by atoms with E-state index in [0.29, 0.717) is 11.3 Å². The first kappa shape index (κ1) is 20.4. The van der Waals surface area contributed by atoms with Gasteiger partial charge in [-0.05, 0) is 23.8 Å². The lowest BCUT2D eigenvalue weighted by Crippen LogP contribution is -2.45. The van der Waals surface area contributed by atoms with E-state index in [1.165, 1.54) is 48.3 Å². The van der Waals surface area contributed by atoms with E-state index >= 15 is 0 Å². The van der Waals surface area contributed by atoms with Crippen LogP contribution in [-0.4, -0.2) is 35.4 Å². The van der Waals surface area contributed by atoms with Crippen LogP contribution >= 0.6 is 0 Å². The lowest BCUT2D eigenvalue weighted by atomic mass is 9.95. The highest BCUT2D eigenvalue weighted by atomic mass is 19.4. The second-order valence-electron chi connectivity index (χ2n) is 7.09. The molecule has 0 unspecified atom stereocenters. The lowest BCUT2D eigenvalue weighted by molar-refractivity contribution is -0.384. The van der Waals surface area contributed by atoms with Gasteiger partial charge in [-0.1, -0.05) is 18.2 Å². The number of hydrogen-bond acceptors (Lipinski definition) is 4. The molecule has 8 nitrogen and oxygen atoms in total. The molecule has 0 fully saturated rings. The monoisotopic (exact) mass is 432 g/mol. The molecule has 0 saturated heterocycles. The number of carbonyl (C=O) groups is 2. The van der Waals surface area contributed by atoms with E-state index in [1.807, 2.05) is 0 Å². The van der Waals surface area contributed by atoms with E-state index < -0.39 is 34.6 Å². The maximum Gasteiger partial charge on any atom is 0.416 e. The van der Waals surface area contributed by atoms with Crippen molar-refractivity contribution in [3.63, 3.8) is 0 Å². The first-order valence-corrected chi connectivity index (χ1v) is 9.08. The Labute approximate surface area is 173 Å². The zero-order chi connectivity index (χ0) is 22.5. The summed E-state index contributed by atoms with van der Waals surface area (Å²) in [7, 11) is 1.44. The molecule has 160 valence electrons. The van der Waals surface area contributed by atoms with E-state index in [-0.39, 0.29) is 23.5 Å². The smallest absolute Gasteiger partial charge is 0.327 e. The minimum atomic E-state index is -4.58. The summed E-state index contributed by atoms with van der Waals surface area (Å²) in [6.07, 6.45) is -4.58. The van der Waals surface area contributed by atoms with Crippen molar-refractivity contribution in [2.45, 2.75) is 12.2 Å². The average molecular weight is 432 g/mol. The normalized spacial score (nSPS) is 18.9. The first-order valence-electron chi connectivity index (χ1n) is 9.08. The van der Waals surface area contributed by atoms with Crippen LogP contribution in [-0.2, 0) is 11.0 Å². The number of nitro benzene ring substituents is 1. The Hall–Kier alpha value is -3.89. The average Bonchev–Trinajstić information content (AvgIpc) is 3.08. The van der Waals surface area contributed by atoms with Gasteiger partial charge < -0.3 is 10.2 Å². The molecule has 2 heterocycles. The molecular weight excluding hydrogens is 417 g/mol. The Bertz CT molecular complexity index is 1150. The third kappa shape index (κ3) is 3.47. The van der Waals surface area contributed by atoms with Crippen LogP contribution in [0.4, 0.5) is 29.3 Å². The van der Waals surface area contributed by atoms with Crippen LogP contribution in [0.5, 0.6) is 0 Å². The number of nitro groups is 1. The summed E-state index contributed by atoms with van der Waals surface area (Å²) >= 11 is 0. The largest absolute Gasteiger partial charge is 0.416 e. The molecule has 0 aromatic heterocycles. The number of urea groups is 1. The molecule has 0 aliphatic carbocycles. The number of nitrogens with zero attached hydrogens (tertiary/aromatic N) is 3. The van der Waals surface area contributed by atoms with Crippen molar-refractivity contribution in [1.82, 2.24) is 10.2 Å². The zero-order valence-corrected chi connectivity index (χ0v) is 16.0. The lowest BCUT2D eigenvalue weighted by Gasteiger charge is -2.30. The number of nitrogens with one attached hydrogen (secondary N) is 1. The molecule has 4 rings (SSSR count). The summed E-state index contributed by atoms with van der Waals surface area (Å²) in [5.41, 5.74) is -0.286. The molecule has 1 N–H and O–H groups in total. The molecule has 1 atom stereocenters. The Morgan fingerprint density at radius 1 is 1.13 bits per heavy atom. The molecule has 0 spiro atoms. The molecule has 2 aliphatic heterocycles. The maximum atomic E-state index is 13.2. The third-order valence-electron chi connectivity index (χ3n) is 5.26. The van der Waals surface area contributed by atoms with Crippen molar-refractivity contribution in [3.8, 4) is 0 Å². The summed E-state index contributed by atoms with van der Waals surface area (Å²) < 4.78 is 39.3. The Balaban J connectivity index is 1.75. The van der Waals surface area contributed by atoms with Crippen molar-refractivity contribution in [2.24, 2.45) is 0 Å². The van der Waals surface area contributed by atoms with Crippen LogP contribution in [0.3, 0.4) is 0 Å². The maximum absolute atomic E-state index is 13.2. The highest BCUT2D eigenvalue weighted by molar-refractivity contribution is 6.11. The number of anilines is 1.